The topological polar surface area (TPSA) is 143 Å². The number of nitrogens with one attached hydrogen (secondary N) is 2. The Labute approximate surface area is 199 Å². The number of anilines is 1. The molecular weight excluding hydrogens is 477 g/mol. The molecule has 2 aromatic carbocycles. The number of hydrogen-bond donors (Lipinski definition) is 2. The third kappa shape index (κ3) is 4.55. The Morgan fingerprint density at radius 2 is 1.89 bits per heavy atom. The number of sulfonamides is 1. The number of aromatic amines is 1. The number of tetrazole rings is 1. The van der Waals surface area contributed by atoms with Gasteiger partial charge in [-0.1, -0.05) is 13.8 Å². The van der Waals surface area contributed by atoms with E-state index in [2.05, 4.69) is 25.8 Å². The highest BCUT2D eigenvalue weighted by atomic mass is 32.2. The van der Waals surface area contributed by atoms with Crippen molar-refractivity contribution in [2.24, 2.45) is 0 Å². The number of carbonyl (C=O) groups is 1. The molecule has 13 heteroatoms. The van der Waals surface area contributed by atoms with Crippen LogP contribution in [0.15, 0.2) is 52.2 Å². The van der Waals surface area contributed by atoms with E-state index in [9.17, 15) is 22.4 Å². The van der Waals surface area contributed by atoms with Gasteiger partial charge in [-0.2, -0.15) is 8.99 Å². The highest BCUT2D eigenvalue weighted by Gasteiger charge is 2.23. The van der Waals surface area contributed by atoms with Crippen LogP contribution in [0, 0.1) is 12.7 Å². The van der Waals surface area contributed by atoms with Gasteiger partial charge in [0.25, 0.3) is 5.91 Å². The van der Waals surface area contributed by atoms with Crippen molar-refractivity contribution in [1.82, 2.24) is 29.5 Å². The minimum absolute atomic E-state index is 0.00646. The summed E-state index contributed by atoms with van der Waals surface area (Å²) in [6, 6.07) is 9.12. The molecule has 2 aromatic heterocycles. The van der Waals surface area contributed by atoms with Gasteiger partial charge in [-0.15, -0.1) is 5.10 Å². The van der Waals surface area contributed by atoms with Crippen molar-refractivity contribution in [2.45, 2.75) is 25.7 Å². The first kappa shape index (κ1) is 24.2. The van der Waals surface area contributed by atoms with Gasteiger partial charge in [-0.25, -0.2) is 12.8 Å². The molecule has 0 fully saturated rings. The molecule has 35 heavy (non-hydrogen) atoms. The Bertz CT molecular complexity index is 1590. The van der Waals surface area contributed by atoms with E-state index in [-0.39, 0.29) is 40.3 Å². The molecule has 4 rings (SSSR count). The number of H-pyrrole nitrogens is 1. The van der Waals surface area contributed by atoms with Crippen LogP contribution in [0.5, 0.6) is 0 Å². The normalized spacial score (nSPS) is 11.8. The van der Waals surface area contributed by atoms with Gasteiger partial charge >= 0.3 is 0 Å². The van der Waals surface area contributed by atoms with E-state index in [1.165, 1.54) is 39.3 Å². The Morgan fingerprint density at radius 1 is 1.14 bits per heavy atom. The fraction of sp³-hybridized carbons (Fsp3) is 0.227. The molecule has 1 amide bonds. The summed E-state index contributed by atoms with van der Waals surface area (Å²) in [5.74, 6) is -0.939. The molecule has 2 N–H and O–H groups in total. The number of aromatic nitrogens is 5. The monoisotopic (exact) mass is 499 g/mol. The summed E-state index contributed by atoms with van der Waals surface area (Å²) in [7, 11) is -3.80. The second kappa shape index (κ2) is 9.35. The number of hydrogen-bond acceptors (Lipinski definition) is 7. The molecule has 0 aliphatic heterocycles. The van der Waals surface area contributed by atoms with E-state index in [1.807, 2.05) is 0 Å². The van der Waals surface area contributed by atoms with Gasteiger partial charge in [0.2, 0.25) is 15.6 Å². The van der Waals surface area contributed by atoms with Crippen molar-refractivity contribution in [3.8, 4) is 5.69 Å². The van der Waals surface area contributed by atoms with Crippen LogP contribution in [-0.4, -0.2) is 56.9 Å². The zero-order valence-corrected chi connectivity index (χ0v) is 19.9. The standard InChI is InChI=1S/C22H22FN7O4S/c1-4-29(5-2)35(33,34)15-7-9-19-16(11-15)17(12-21(31)25-19)22(32)24-14-6-8-18(23)20(10-14)30-13(3)26-27-28-30/h6-12H,4-5H2,1-3H3,(H,24,32)(H,25,31). The first-order valence-electron chi connectivity index (χ1n) is 10.7. The van der Waals surface area contributed by atoms with Crippen LogP contribution in [0.1, 0.15) is 30.0 Å². The summed E-state index contributed by atoms with van der Waals surface area (Å²) < 4.78 is 42.8. The van der Waals surface area contributed by atoms with Gasteiger partial charge in [0, 0.05) is 35.7 Å². The SMILES string of the molecule is CCN(CC)S(=O)(=O)c1ccc2[nH]c(=O)cc(C(=O)Nc3ccc(F)c(-n4nnnc4C)c3)c2c1. The number of halogens is 1. The number of carbonyl (C=O) groups excluding carboxylic acids is 1. The van der Waals surface area contributed by atoms with Crippen LogP contribution in [0.3, 0.4) is 0 Å². The van der Waals surface area contributed by atoms with Crippen LogP contribution in [-0.2, 0) is 10.0 Å². The van der Waals surface area contributed by atoms with E-state index < -0.39 is 27.3 Å². The van der Waals surface area contributed by atoms with E-state index in [4.69, 9.17) is 0 Å². The smallest absolute Gasteiger partial charge is 0.256 e. The van der Waals surface area contributed by atoms with Crippen molar-refractivity contribution in [3.63, 3.8) is 0 Å². The summed E-state index contributed by atoms with van der Waals surface area (Å²) in [6.07, 6.45) is 0. The molecule has 0 spiro atoms. The molecule has 0 aliphatic carbocycles. The Kier molecular flexibility index (Phi) is 6.45. The lowest BCUT2D eigenvalue weighted by Crippen LogP contribution is -2.30. The van der Waals surface area contributed by atoms with Crippen LogP contribution in [0.4, 0.5) is 10.1 Å². The predicted molar refractivity (Wildman–Crippen MR) is 126 cm³/mol. The quantitative estimate of drug-likeness (QED) is 0.397. The largest absolute Gasteiger partial charge is 0.322 e. The maximum Gasteiger partial charge on any atom is 0.256 e. The number of benzene rings is 2. The second-order valence-electron chi connectivity index (χ2n) is 7.60. The summed E-state index contributed by atoms with van der Waals surface area (Å²) in [5.41, 5.74) is -0.0310. The van der Waals surface area contributed by atoms with Crippen LogP contribution in [0.2, 0.25) is 0 Å². The highest BCUT2D eigenvalue weighted by molar-refractivity contribution is 7.89. The van der Waals surface area contributed by atoms with Crippen molar-refractivity contribution in [1.29, 1.82) is 0 Å². The van der Waals surface area contributed by atoms with E-state index in [1.54, 1.807) is 20.8 Å². The maximum atomic E-state index is 14.4. The van der Waals surface area contributed by atoms with Crippen molar-refractivity contribution >= 4 is 32.5 Å². The van der Waals surface area contributed by atoms with Crippen molar-refractivity contribution in [3.05, 3.63) is 70.0 Å². The number of amides is 1. The molecular formula is C22H22FN7O4S. The minimum Gasteiger partial charge on any atom is -0.322 e. The van der Waals surface area contributed by atoms with E-state index in [0.717, 1.165) is 12.1 Å². The molecule has 0 bridgehead atoms. The van der Waals surface area contributed by atoms with E-state index >= 15 is 0 Å². The lowest BCUT2D eigenvalue weighted by Gasteiger charge is -2.19. The van der Waals surface area contributed by atoms with Gasteiger partial charge in [-0.3, -0.25) is 9.59 Å². The van der Waals surface area contributed by atoms with Crippen molar-refractivity contribution < 1.29 is 17.6 Å². The van der Waals surface area contributed by atoms with E-state index in [0.29, 0.717) is 11.3 Å². The summed E-state index contributed by atoms with van der Waals surface area (Å²) in [5, 5.41) is 13.8. The molecule has 0 saturated heterocycles. The Balaban J connectivity index is 1.76. The van der Waals surface area contributed by atoms with Crippen LogP contribution in [0.25, 0.3) is 16.6 Å². The summed E-state index contributed by atoms with van der Waals surface area (Å²) in [6.45, 7) is 5.61. The minimum atomic E-state index is -3.80. The number of fused-ring (bicyclic) bond motifs is 1. The van der Waals surface area contributed by atoms with Crippen LogP contribution < -0.4 is 10.9 Å². The Morgan fingerprint density at radius 3 is 2.54 bits per heavy atom. The van der Waals surface area contributed by atoms with Gasteiger partial charge in [0.15, 0.2) is 5.82 Å². The fourth-order valence-corrected chi connectivity index (χ4v) is 5.18. The average molecular weight is 500 g/mol. The van der Waals surface area contributed by atoms with Gasteiger partial charge < -0.3 is 10.3 Å². The molecule has 0 saturated carbocycles. The molecule has 0 aliphatic rings. The maximum absolute atomic E-state index is 14.4. The van der Waals surface area contributed by atoms with Crippen molar-refractivity contribution in [2.75, 3.05) is 18.4 Å². The highest BCUT2D eigenvalue weighted by Crippen LogP contribution is 2.24. The van der Waals surface area contributed by atoms with Gasteiger partial charge in [-0.05, 0) is 53.7 Å². The average Bonchev–Trinajstić information content (AvgIpc) is 3.25. The third-order valence-corrected chi connectivity index (χ3v) is 7.51. The zero-order valence-electron chi connectivity index (χ0n) is 19.1. The number of pyridine rings is 1. The Hall–Kier alpha value is -3.97. The first-order valence-corrected chi connectivity index (χ1v) is 12.1. The van der Waals surface area contributed by atoms with Crippen LogP contribution >= 0.6 is 0 Å². The molecule has 0 atom stereocenters. The molecule has 182 valence electrons. The molecule has 4 aromatic rings. The molecule has 2 heterocycles. The number of nitrogens with zero attached hydrogens (tertiary/aromatic N) is 5. The predicted octanol–water partition coefficient (Wildman–Crippen LogP) is 2.23. The molecule has 0 radical (unpaired) electrons. The lowest BCUT2D eigenvalue weighted by molar-refractivity contribution is 0.102. The number of aryl methyl sites for hydroxylation is 1. The fourth-order valence-electron chi connectivity index (χ4n) is 3.70. The zero-order chi connectivity index (χ0) is 25.3. The summed E-state index contributed by atoms with van der Waals surface area (Å²) in [4.78, 5) is 28.0. The third-order valence-electron chi connectivity index (χ3n) is 5.46. The lowest BCUT2D eigenvalue weighted by atomic mass is 10.1. The number of rotatable bonds is 7. The first-order chi connectivity index (χ1) is 16.6. The molecule has 0 unspecified atom stereocenters. The van der Waals surface area contributed by atoms with Gasteiger partial charge in [0.1, 0.15) is 11.5 Å². The second-order valence-corrected chi connectivity index (χ2v) is 9.54. The molecule has 11 nitrogen and oxygen atoms in total. The van der Waals surface area contributed by atoms with Gasteiger partial charge in [0.05, 0.1) is 10.5 Å². The summed E-state index contributed by atoms with van der Waals surface area (Å²) >= 11 is 0.